The van der Waals surface area contributed by atoms with E-state index >= 15 is 0 Å². The van der Waals surface area contributed by atoms with E-state index in [1.165, 1.54) is 24.0 Å². The number of carbonyl (C=O) groups is 3. The number of unbranched alkanes of at least 4 members (excludes halogenated alkanes) is 4. The van der Waals surface area contributed by atoms with Gasteiger partial charge in [-0.15, -0.1) is 0 Å². The van der Waals surface area contributed by atoms with E-state index in [-0.39, 0.29) is 29.7 Å². The maximum atomic E-state index is 13.3. The van der Waals surface area contributed by atoms with Crippen molar-refractivity contribution >= 4 is 63.3 Å². The summed E-state index contributed by atoms with van der Waals surface area (Å²) in [7, 11) is 1.54. The number of rotatable bonds is 14. The minimum absolute atomic E-state index is 0.117. The van der Waals surface area contributed by atoms with Crippen LogP contribution < -0.4 is 25.7 Å². The van der Waals surface area contributed by atoms with Crippen LogP contribution in [0.15, 0.2) is 58.0 Å². The minimum Gasteiger partial charge on any atom is -0.493 e. The van der Waals surface area contributed by atoms with E-state index < -0.39 is 11.7 Å². The predicted octanol–water partition coefficient (Wildman–Crippen LogP) is 7.22. The van der Waals surface area contributed by atoms with Crippen molar-refractivity contribution in [2.75, 3.05) is 38.7 Å². The average Bonchev–Trinajstić information content (AvgIpc) is 3.50. The zero-order valence-corrected chi connectivity index (χ0v) is 31.6. The number of pyridine rings is 1. The van der Waals surface area contributed by atoms with E-state index in [2.05, 4.69) is 26.6 Å². The molecule has 0 saturated carbocycles. The summed E-state index contributed by atoms with van der Waals surface area (Å²) in [4.78, 5) is 58.2. The molecule has 2 saturated heterocycles. The highest BCUT2D eigenvalue weighted by Gasteiger charge is 2.40. The summed E-state index contributed by atoms with van der Waals surface area (Å²) in [6.07, 6.45) is 10.8. The molecule has 14 heteroatoms. The largest absolute Gasteiger partial charge is 0.493 e. The van der Waals surface area contributed by atoms with Crippen molar-refractivity contribution < 1.29 is 28.3 Å². The van der Waals surface area contributed by atoms with Crippen LogP contribution in [0.3, 0.4) is 0 Å². The van der Waals surface area contributed by atoms with Crippen LogP contribution in [0.25, 0.3) is 11.0 Å². The first kappa shape index (κ1) is 37.7. The highest BCUT2D eigenvalue weighted by Crippen LogP contribution is 2.41. The zero-order valence-electron chi connectivity index (χ0n) is 30.1. The molecule has 7 rings (SSSR count). The predicted molar refractivity (Wildman–Crippen MR) is 206 cm³/mol. The number of fused-ring (bicyclic) bond motifs is 2. The van der Waals surface area contributed by atoms with Gasteiger partial charge in [-0.3, -0.25) is 24.7 Å². The van der Waals surface area contributed by atoms with Crippen molar-refractivity contribution in [3.05, 3.63) is 85.9 Å². The van der Waals surface area contributed by atoms with Crippen LogP contribution in [0.2, 0.25) is 10.0 Å². The lowest BCUT2D eigenvalue weighted by atomic mass is 9.85. The van der Waals surface area contributed by atoms with Gasteiger partial charge in [-0.25, -0.2) is 4.79 Å². The van der Waals surface area contributed by atoms with Crippen LogP contribution in [0.5, 0.6) is 11.5 Å². The molecule has 0 radical (unpaired) electrons. The van der Waals surface area contributed by atoms with Gasteiger partial charge in [0.25, 0.3) is 5.91 Å². The number of ether oxygens (including phenoxy) is 2. The second kappa shape index (κ2) is 16.8. The monoisotopic (exact) mass is 775 g/mol. The van der Waals surface area contributed by atoms with Gasteiger partial charge in [0.1, 0.15) is 6.04 Å². The van der Waals surface area contributed by atoms with Crippen LogP contribution in [-0.2, 0) is 16.1 Å². The Labute approximate surface area is 323 Å². The van der Waals surface area contributed by atoms with E-state index in [4.69, 9.17) is 37.1 Å². The molecule has 2 aromatic heterocycles. The summed E-state index contributed by atoms with van der Waals surface area (Å²) >= 11 is 12.6. The standard InChI is InChI=1S/C40H43Cl2N5O7/c1-52-33-12-10-27-31(44-36-29(41)21-43-22-30(36)42)20-35(49)54-37(27)38(33)53-19-6-4-2-3-5-16-46-17-14-24(15-18-46)25-8-7-9-26-28(25)23-47(40(26)51)32-11-13-34(48)45-39(32)50/h7-10,12,20-22,24,32H,2-6,11,13-19,23H2,1H3,(H,43,44)(H,45,48,50). The molecule has 0 bridgehead atoms. The summed E-state index contributed by atoms with van der Waals surface area (Å²) in [5.74, 6) is 0.431. The number of hydrogen-bond acceptors (Lipinski definition) is 10. The minimum atomic E-state index is -0.599. The number of piperidine rings is 2. The summed E-state index contributed by atoms with van der Waals surface area (Å²) < 4.78 is 17.3. The number of nitrogens with one attached hydrogen (secondary N) is 2. The number of methoxy groups -OCH3 is 1. The number of hydrogen-bond donors (Lipinski definition) is 2. The number of anilines is 2. The topological polar surface area (TPSA) is 143 Å². The third kappa shape index (κ3) is 8.06. The lowest BCUT2D eigenvalue weighted by molar-refractivity contribution is -0.136. The number of imide groups is 1. The Kier molecular flexibility index (Phi) is 11.7. The normalized spacial score (nSPS) is 17.9. The second-order valence-corrected chi connectivity index (χ2v) is 14.9. The Hall–Kier alpha value is -4.65. The quantitative estimate of drug-likeness (QED) is 0.0766. The Bertz CT molecular complexity index is 2100. The highest BCUT2D eigenvalue weighted by atomic mass is 35.5. The fourth-order valence-corrected chi connectivity index (χ4v) is 8.31. The van der Waals surface area contributed by atoms with Gasteiger partial charge < -0.3 is 29.0 Å². The van der Waals surface area contributed by atoms with Crippen LogP contribution >= 0.6 is 23.2 Å². The van der Waals surface area contributed by atoms with E-state index in [0.717, 1.165) is 70.1 Å². The van der Waals surface area contributed by atoms with Gasteiger partial charge in [0.05, 0.1) is 35.1 Å². The first-order valence-electron chi connectivity index (χ1n) is 18.5. The van der Waals surface area contributed by atoms with Crippen LogP contribution in [0.1, 0.15) is 85.2 Å². The molecule has 1 unspecified atom stereocenters. The van der Waals surface area contributed by atoms with E-state index in [0.29, 0.717) is 69.4 Å². The molecule has 0 aliphatic carbocycles. The van der Waals surface area contributed by atoms with Crippen molar-refractivity contribution in [1.82, 2.24) is 20.1 Å². The molecular weight excluding hydrogens is 733 g/mol. The van der Waals surface area contributed by atoms with E-state index in [1.54, 1.807) is 24.1 Å². The summed E-state index contributed by atoms with van der Waals surface area (Å²) in [6.45, 7) is 3.93. The van der Waals surface area contributed by atoms with Gasteiger partial charge in [0, 0.05) is 42.4 Å². The molecule has 12 nitrogen and oxygen atoms in total. The first-order valence-corrected chi connectivity index (χ1v) is 19.3. The van der Waals surface area contributed by atoms with Crippen LogP contribution in [0, 0.1) is 0 Å². The fraction of sp³-hybridized carbons (Fsp3) is 0.425. The van der Waals surface area contributed by atoms with Crippen molar-refractivity contribution in [2.24, 2.45) is 0 Å². The number of aromatic nitrogens is 1. The SMILES string of the molecule is COc1ccc2c(Nc3c(Cl)cncc3Cl)cc(=O)oc2c1OCCCCCCCN1CCC(c2cccc3c2CN(C2CCC(=O)NC2=O)C3=O)CC1. The number of halogens is 2. The Balaban J connectivity index is 0.854. The molecule has 2 aromatic carbocycles. The highest BCUT2D eigenvalue weighted by molar-refractivity contribution is 6.39. The smallest absolute Gasteiger partial charge is 0.338 e. The van der Waals surface area contributed by atoms with Crippen LogP contribution in [-0.4, -0.2) is 71.9 Å². The molecular formula is C40H43Cl2N5O7. The summed E-state index contributed by atoms with van der Waals surface area (Å²) in [5, 5.41) is 6.77. The van der Waals surface area contributed by atoms with Gasteiger partial charge in [0.2, 0.25) is 17.6 Å². The fourth-order valence-electron chi connectivity index (χ4n) is 7.85. The van der Waals surface area contributed by atoms with Crippen molar-refractivity contribution in [3.8, 4) is 11.5 Å². The molecule has 2 N–H and O–H groups in total. The molecule has 2 fully saturated rings. The van der Waals surface area contributed by atoms with Crippen molar-refractivity contribution in [3.63, 3.8) is 0 Å². The van der Waals surface area contributed by atoms with Gasteiger partial charge in [-0.05, 0) is 87.0 Å². The molecule has 5 heterocycles. The number of nitrogens with zero attached hydrogens (tertiary/aromatic N) is 3. The first-order chi connectivity index (χ1) is 26.2. The second-order valence-electron chi connectivity index (χ2n) is 14.1. The Morgan fingerprint density at radius 3 is 2.48 bits per heavy atom. The summed E-state index contributed by atoms with van der Waals surface area (Å²) in [6, 6.07) is 10.3. The molecule has 284 valence electrons. The lowest BCUT2D eigenvalue weighted by Gasteiger charge is -2.33. The molecule has 54 heavy (non-hydrogen) atoms. The summed E-state index contributed by atoms with van der Waals surface area (Å²) in [5.41, 5.74) is 3.55. The van der Waals surface area contributed by atoms with Gasteiger partial charge in [-0.2, -0.15) is 0 Å². The number of amides is 3. The van der Waals surface area contributed by atoms with E-state index in [9.17, 15) is 19.2 Å². The van der Waals surface area contributed by atoms with Crippen molar-refractivity contribution in [1.29, 1.82) is 0 Å². The number of benzene rings is 2. The van der Waals surface area contributed by atoms with Crippen molar-refractivity contribution in [2.45, 2.75) is 76.3 Å². The van der Waals surface area contributed by atoms with E-state index in [1.807, 2.05) is 12.1 Å². The number of carbonyl (C=O) groups excluding carboxylic acids is 3. The molecule has 3 amide bonds. The van der Waals surface area contributed by atoms with Gasteiger partial charge >= 0.3 is 5.63 Å². The van der Waals surface area contributed by atoms with Gasteiger partial charge in [0.15, 0.2) is 11.3 Å². The number of likely N-dealkylation sites (tertiary alicyclic amines) is 1. The zero-order chi connectivity index (χ0) is 37.8. The average molecular weight is 777 g/mol. The molecule has 4 aromatic rings. The maximum Gasteiger partial charge on any atom is 0.338 e. The maximum absolute atomic E-state index is 13.3. The molecule has 1 atom stereocenters. The Morgan fingerprint density at radius 2 is 1.72 bits per heavy atom. The van der Waals surface area contributed by atoms with Crippen LogP contribution in [0.4, 0.5) is 11.4 Å². The third-order valence-electron chi connectivity index (χ3n) is 10.7. The molecule has 3 aliphatic heterocycles. The lowest BCUT2D eigenvalue weighted by Crippen LogP contribution is -2.52. The third-order valence-corrected chi connectivity index (χ3v) is 11.2. The molecule has 0 spiro atoms. The molecule has 3 aliphatic rings. The Morgan fingerprint density at radius 1 is 0.963 bits per heavy atom. The van der Waals surface area contributed by atoms with Gasteiger partial charge in [-0.1, -0.05) is 54.6 Å².